The third-order valence-electron chi connectivity index (χ3n) is 2.78. The van der Waals surface area contributed by atoms with Crippen molar-refractivity contribution in [3.63, 3.8) is 0 Å². The molecule has 0 aliphatic carbocycles. The molecular formula is C10H19F3O2. The molecule has 0 spiro atoms. The van der Waals surface area contributed by atoms with E-state index >= 15 is 0 Å². The molecule has 0 rings (SSSR count). The molecule has 0 amide bonds. The van der Waals surface area contributed by atoms with E-state index < -0.39 is 24.3 Å². The van der Waals surface area contributed by atoms with Gasteiger partial charge in [-0.15, -0.1) is 0 Å². The van der Waals surface area contributed by atoms with Crippen molar-refractivity contribution in [3.05, 3.63) is 0 Å². The SMILES string of the molecule is CCC(O)(CC)C(O)CCCC(F)(F)F. The van der Waals surface area contributed by atoms with Gasteiger partial charge in [0.1, 0.15) is 0 Å². The highest BCUT2D eigenvalue weighted by atomic mass is 19.4. The van der Waals surface area contributed by atoms with Gasteiger partial charge in [-0.3, -0.25) is 0 Å². The lowest BCUT2D eigenvalue weighted by Gasteiger charge is -2.31. The van der Waals surface area contributed by atoms with Crippen LogP contribution >= 0.6 is 0 Å². The Morgan fingerprint density at radius 1 is 1.13 bits per heavy atom. The van der Waals surface area contributed by atoms with Gasteiger partial charge in [0.15, 0.2) is 0 Å². The fourth-order valence-corrected chi connectivity index (χ4v) is 1.49. The quantitative estimate of drug-likeness (QED) is 0.733. The summed E-state index contributed by atoms with van der Waals surface area (Å²) >= 11 is 0. The Kier molecular flexibility index (Phi) is 5.59. The van der Waals surface area contributed by atoms with Gasteiger partial charge in [-0.05, 0) is 25.7 Å². The van der Waals surface area contributed by atoms with Crippen molar-refractivity contribution in [2.75, 3.05) is 0 Å². The zero-order valence-corrected chi connectivity index (χ0v) is 9.14. The Balaban J connectivity index is 3.97. The van der Waals surface area contributed by atoms with Gasteiger partial charge in [0.25, 0.3) is 0 Å². The molecule has 0 radical (unpaired) electrons. The minimum absolute atomic E-state index is 0.0162. The Morgan fingerprint density at radius 2 is 1.60 bits per heavy atom. The number of hydrogen-bond donors (Lipinski definition) is 2. The van der Waals surface area contributed by atoms with Crippen LogP contribution in [0.5, 0.6) is 0 Å². The molecule has 1 unspecified atom stereocenters. The van der Waals surface area contributed by atoms with E-state index in [0.29, 0.717) is 12.8 Å². The Labute approximate surface area is 88.1 Å². The van der Waals surface area contributed by atoms with Crippen molar-refractivity contribution in [3.8, 4) is 0 Å². The first-order chi connectivity index (χ1) is 6.75. The maximum atomic E-state index is 11.8. The Morgan fingerprint density at radius 3 is 1.93 bits per heavy atom. The summed E-state index contributed by atoms with van der Waals surface area (Å²) in [6, 6.07) is 0. The van der Waals surface area contributed by atoms with Crippen LogP contribution in [-0.4, -0.2) is 28.1 Å². The second kappa shape index (κ2) is 5.70. The molecule has 2 nitrogen and oxygen atoms in total. The molecule has 0 saturated heterocycles. The standard InChI is InChI=1S/C10H19F3O2/c1-3-9(15,4-2)8(14)6-5-7-10(11,12)13/h8,14-15H,3-7H2,1-2H3. The van der Waals surface area contributed by atoms with E-state index in [1.807, 2.05) is 0 Å². The average Bonchev–Trinajstić information content (AvgIpc) is 2.14. The summed E-state index contributed by atoms with van der Waals surface area (Å²) in [7, 11) is 0. The van der Waals surface area contributed by atoms with E-state index in [4.69, 9.17) is 0 Å². The molecule has 0 aromatic carbocycles. The van der Waals surface area contributed by atoms with Crippen LogP contribution in [-0.2, 0) is 0 Å². The summed E-state index contributed by atoms with van der Waals surface area (Å²) in [5.41, 5.74) is -1.24. The van der Waals surface area contributed by atoms with Crippen LogP contribution in [0.3, 0.4) is 0 Å². The van der Waals surface area contributed by atoms with Crippen LogP contribution in [0.2, 0.25) is 0 Å². The molecule has 92 valence electrons. The summed E-state index contributed by atoms with van der Waals surface area (Å²) in [4.78, 5) is 0. The van der Waals surface area contributed by atoms with Crippen molar-refractivity contribution in [2.24, 2.45) is 0 Å². The van der Waals surface area contributed by atoms with E-state index in [1.165, 1.54) is 0 Å². The number of aliphatic hydroxyl groups is 2. The lowest BCUT2D eigenvalue weighted by atomic mass is 9.88. The first-order valence-electron chi connectivity index (χ1n) is 5.22. The van der Waals surface area contributed by atoms with Gasteiger partial charge in [0.05, 0.1) is 11.7 Å². The first-order valence-corrected chi connectivity index (χ1v) is 5.22. The second-order valence-electron chi connectivity index (χ2n) is 3.83. The lowest BCUT2D eigenvalue weighted by Crippen LogP contribution is -2.41. The summed E-state index contributed by atoms with van der Waals surface area (Å²) in [6.07, 6.45) is -5.64. The third kappa shape index (κ3) is 5.37. The largest absolute Gasteiger partial charge is 0.390 e. The van der Waals surface area contributed by atoms with Crippen LogP contribution in [0, 0.1) is 0 Å². The third-order valence-corrected chi connectivity index (χ3v) is 2.78. The Hall–Kier alpha value is -0.290. The average molecular weight is 228 g/mol. The first kappa shape index (κ1) is 14.7. The number of rotatable bonds is 6. The van der Waals surface area contributed by atoms with Gasteiger partial charge in [0, 0.05) is 6.42 Å². The zero-order valence-electron chi connectivity index (χ0n) is 9.14. The highest BCUT2D eigenvalue weighted by Crippen LogP contribution is 2.27. The Bertz CT molecular complexity index is 176. The van der Waals surface area contributed by atoms with Gasteiger partial charge in [0.2, 0.25) is 0 Å². The van der Waals surface area contributed by atoms with E-state index in [-0.39, 0.29) is 12.8 Å². The molecule has 0 fully saturated rings. The molecule has 0 aliphatic heterocycles. The van der Waals surface area contributed by atoms with Gasteiger partial charge in [-0.25, -0.2) is 0 Å². The van der Waals surface area contributed by atoms with Crippen LogP contribution in [0.1, 0.15) is 46.0 Å². The molecule has 0 aliphatic rings. The highest BCUT2D eigenvalue weighted by molar-refractivity contribution is 4.83. The molecular weight excluding hydrogens is 209 g/mol. The van der Waals surface area contributed by atoms with E-state index in [1.54, 1.807) is 13.8 Å². The molecule has 0 bridgehead atoms. The predicted molar refractivity (Wildman–Crippen MR) is 51.4 cm³/mol. The van der Waals surface area contributed by atoms with Crippen LogP contribution < -0.4 is 0 Å². The van der Waals surface area contributed by atoms with E-state index in [9.17, 15) is 23.4 Å². The van der Waals surface area contributed by atoms with Crippen LogP contribution in [0.25, 0.3) is 0 Å². The van der Waals surface area contributed by atoms with Crippen LogP contribution in [0.15, 0.2) is 0 Å². The maximum absolute atomic E-state index is 11.8. The molecule has 2 N–H and O–H groups in total. The van der Waals surface area contributed by atoms with Crippen molar-refractivity contribution in [1.29, 1.82) is 0 Å². The molecule has 15 heavy (non-hydrogen) atoms. The number of alkyl halides is 3. The molecule has 0 saturated carbocycles. The minimum atomic E-state index is -4.18. The van der Waals surface area contributed by atoms with Gasteiger partial charge < -0.3 is 10.2 Å². The summed E-state index contributed by atoms with van der Waals surface area (Å²) < 4.78 is 35.5. The molecule has 1 atom stereocenters. The van der Waals surface area contributed by atoms with E-state index in [2.05, 4.69) is 0 Å². The smallest absolute Gasteiger partial charge is 0.389 e. The maximum Gasteiger partial charge on any atom is 0.389 e. The molecule has 0 aromatic heterocycles. The summed E-state index contributed by atoms with van der Waals surface area (Å²) in [5.74, 6) is 0. The fraction of sp³-hybridized carbons (Fsp3) is 1.00. The topological polar surface area (TPSA) is 40.5 Å². The fourth-order valence-electron chi connectivity index (χ4n) is 1.49. The predicted octanol–water partition coefficient (Wildman–Crippen LogP) is 2.63. The highest BCUT2D eigenvalue weighted by Gasteiger charge is 2.33. The van der Waals surface area contributed by atoms with Gasteiger partial charge in [-0.2, -0.15) is 13.2 Å². The molecule has 0 heterocycles. The zero-order chi connectivity index (χ0) is 12.1. The van der Waals surface area contributed by atoms with Crippen molar-refractivity contribution < 1.29 is 23.4 Å². The minimum Gasteiger partial charge on any atom is -0.390 e. The van der Waals surface area contributed by atoms with Gasteiger partial charge in [-0.1, -0.05) is 13.8 Å². The number of halogens is 3. The second-order valence-corrected chi connectivity index (χ2v) is 3.83. The number of hydrogen-bond acceptors (Lipinski definition) is 2. The number of aliphatic hydroxyl groups excluding tert-OH is 1. The van der Waals surface area contributed by atoms with Crippen molar-refractivity contribution >= 4 is 0 Å². The monoisotopic (exact) mass is 228 g/mol. The van der Waals surface area contributed by atoms with Crippen molar-refractivity contribution in [1.82, 2.24) is 0 Å². The normalized spacial score (nSPS) is 15.4. The molecule has 0 aromatic rings. The summed E-state index contributed by atoms with van der Waals surface area (Å²) in [5, 5.41) is 19.3. The lowest BCUT2D eigenvalue weighted by molar-refractivity contribution is -0.140. The summed E-state index contributed by atoms with van der Waals surface area (Å²) in [6.45, 7) is 3.41. The van der Waals surface area contributed by atoms with Crippen molar-refractivity contribution in [2.45, 2.75) is 63.8 Å². The van der Waals surface area contributed by atoms with Gasteiger partial charge >= 0.3 is 6.18 Å². The van der Waals surface area contributed by atoms with E-state index in [0.717, 1.165) is 0 Å². The van der Waals surface area contributed by atoms with Crippen LogP contribution in [0.4, 0.5) is 13.2 Å². The molecule has 5 heteroatoms.